The predicted octanol–water partition coefficient (Wildman–Crippen LogP) is 0.525. The van der Waals surface area contributed by atoms with Crippen LogP contribution < -0.4 is 0 Å². The van der Waals surface area contributed by atoms with Gasteiger partial charge in [0.05, 0.1) is 6.20 Å². The highest BCUT2D eigenvalue weighted by atomic mass is 16.5. The summed E-state index contributed by atoms with van der Waals surface area (Å²) in [6, 6.07) is 1.69. The van der Waals surface area contributed by atoms with E-state index in [0.717, 1.165) is 5.56 Å². The average molecular weight is 151 g/mol. The third-order valence-corrected chi connectivity index (χ3v) is 1.20. The van der Waals surface area contributed by atoms with Gasteiger partial charge >= 0.3 is 0 Å². The van der Waals surface area contributed by atoms with Crippen LogP contribution in [0.3, 0.4) is 0 Å². The van der Waals surface area contributed by atoms with Crippen LogP contribution in [0.15, 0.2) is 18.5 Å². The van der Waals surface area contributed by atoms with Gasteiger partial charge in [-0.2, -0.15) is 10.2 Å². The van der Waals surface area contributed by atoms with Crippen molar-refractivity contribution in [3.05, 3.63) is 30.9 Å². The van der Waals surface area contributed by atoms with Gasteiger partial charge in [0, 0.05) is 11.8 Å². The van der Waals surface area contributed by atoms with Crippen molar-refractivity contribution in [1.29, 1.82) is 0 Å². The molecule has 1 unspecified atom stereocenters. The van der Waals surface area contributed by atoms with E-state index in [1.165, 1.54) is 12.4 Å². The highest BCUT2D eigenvalue weighted by Crippen LogP contribution is 2.11. The van der Waals surface area contributed by atoms with Gasteiger partial charge in [-0.1, -0.05) is 0 Å². The maximum absolute atomic E-state index is 9.89. The van der Waals surface area contributed by atoms with Crippen molar-refractivity contribution in [2.24, 2.45) is 0 Å². The monoisotopic (exact) mass is 151 g/mol. The Morgan fingerprint density at radius 1 is 1.64 bits per heavy atom. The average Bonchev–Trinajstić information content (AvgIpc) is 2.07. The van der Waals surface area contributed by atoms with E-state index in [-0.39, 0.29) is 0 Å². The van der Waals surface area contributed by atoms with Crippen LogP contribution in [0, 0.1) is 6.92 Å². The number of ether oxygens (including phenoxy) is 1. The van der Waals surface area contributed by atoms with Gasteiger partial charge in [-0.3, -0.25) is 4.79 Å². The fraction of sp³-hybridized carbons (Fsp3) is 0.143. The molecule has 4 heteroatoms. The van der Waals surface area contributed by atoms with Gasteiger partial charge in [0.15, 0.2) is 0 Å². The highest BCUT2D eigenvalue weighted by molar-refractivity contribution is 5.38. The predicted molar refractivity (Wildman–Crippen MR) is 37.3 cm³/mol. The molecular weight excluding hydrogens is 144 g/mol. The zero-order valence-electron chi connectivity index (χ0n) is 5.80. The Bertz CT molecular complexity index is 225. The van der Waals surface area contributed by atoms with Gasteiger partial charge in [-0.15, -0.1) is 0 Å². The first-order valence-corrected chi connectivity index (χ1v) is 3.03. The Kier molecular flexibility index (Phi) is 2.54. The first-order chi connectivity index (χ1) is 5.34. The summed E-state index contributed by atoms with van der Waals surface area (Å²) in [6.07, 6.45) is 2.52. The maximum Gasteiger partial charge on any atom is 0.293 e. The summed E-state index contributed by atoms with van der Waals surface area (Å²) in [6.45, 7) is 3.94. The quantitative estimate of drug-likeness (QED) is 0.591. The smallest absolute Gasteiger partial charge is 0.293 e. The second-order valence-electron chi connectivity index (χ2n) is 1.90. The lowest BCUT2D eigenvalue weighted by Crippen LogP contribution is -1.99. The van der Waals surface area contributed by atoms with Crippen LogP contribution in [0.25, 0.3) is 0 Å². The summed E-state index contributed by atoms with van der Waals surface area (Å²) in [7, 11) is 0. The summed E-state index contributed by atoms with van der Waals surface area (Å²) in [5, 5.41) is 7.17. The molecule has 0 fully saturated rings. The van der Waals surface area contributed by atoms with E-state index in [1.807, 2.05) is 0 Å². The number of rotatable bonds is 3. The SMILES string of the molecule is [CH2]C(OC=O)c1ccnnc1. The molecule has 0 saturated heterocycles. The zero-order chi connectivity index (χ0) is 8.10. The van der Waals surface area contributed by atoms with Crippen LogP contribution in [-0.2, 0) is 9.53 Å². The Morgan fingerprint density at radius 3 is 3.00 bits per heavy atom. The third kappa shape index (κ3) is 2.00. The van der Waals surface area contributed by atoms with E-state index in [9.17, 15) is 4.79 Å². The molecule has 1 aromatic rings. The first-order valence-electron chi connectivity index (χ1n) is 3.03. The molecule has 0 spiro atoms. The van der Waals surface area contributed by atoms with Crippen molar-refractivity contribution in [2.45, 2.75) is 6.10 Å². The lowest BCUT2D eigenvalue weighted by molar-refractivity contribution is -0.131. The van der Waals surface area contributed by atoms with Crippen molar-refractivity contribution in [3.63, 3.8) is 0 Å². The van der Waals surface area contributed by atoms with Gasteiger partial charge in [0.1, 0.15) is 6.10 Å². The molecular formula is C7H7N2O2. The minimum absolute atomic E-state index is 0.359. The van der Waals surface area contributed by atoms with Crippen LogP contribution in [0.5, 0.6) is 0 Å². The van der Waals surface area contributed by atoms with E-state index in [0.29, 0.717) is 6.47 Å². The number of nitrogens with zero attached hydrogens (tertiary/aromatic N) is 2. The molecule has 0 N–H and O–H groups in total. The topological polar surface area (TPSA) is 52.1 Å². The van der Waals surface area contributed by atoms with Crippen LogP contribution >= 0.6 is 0 Å². The molecule has 0 bridgehead atoms. The molecule has 0 aliphatic rings. The van der Waals surface area contributed by atoms with Crippen LogP contribution in [-0.4, -0.2) is 16.7 Å². The second-order valence-corrected chi connectivity index (χ2v) is 1.90. The van der Waals surface area contributed by atoms with Crippen molar-refractivity contribution in [1.82, 2.24) is 10.2 Å². The van der Waals surface area contributed by atoms with E-state index in [2.05, 4.69) is 21.9 Å². The van der Waals surface area contributed by atoms with E-state index in [1.54, 1.807) is 6.07 Å². The number of hydrogen-bond donors (Lipinski definition) is 0. The van der Waals surface area contributed by atoms with Gasteiger partial charge in [-0.05, 0) is 13.0 Å². The lowest BCUT2D eigenvalue weighted by Gasteiger charge is -2.06. The minimum atomic E-state index is -0.497. The molecule has 4 nitrogen and oxygen atoms in total. The molecule has 0 saturated carbocycles. The first kappa shape index (κ1) is 7.65. The Balaban J connectivity index is 2.68. The molecule has 0 aliphatic heterocycles. The Hall–Kier alpha value is -1.45. The van der Waals surface area contributed by atoms with E-state index in [4.69, 9.17) is 0 Å². The number of aromatic nitrogens is 2. The van der Waals surface area contributed by atoms with Gasteiger partial charge in [0.2, 0.25) is 0 Å². The molecule has 1 atom stereocenters. The molecule has 0 aliphatic carbocycles. The molecule has 1 rings (SSSR count). The van der Waals surface area contributed by atoms with Crippen molar-refractivity contribution >= 4 is 6.47 Å². The fourth-order valence-corrected chi connectivity index (χ4v) is 0.637. The summed E-state index contributed by atoms with van der Waals surface area (Å²) in [5.41, 5.74) is 0.729. The lowest BCUT2D eigenvalue weighted by atomic mass is 10.2. The Morgan fingerprint density at radius 2 is 2.45 bits per heavy atom. The summed E-state index contributed by atoms with van der Waals surface area (Å²) >= 11 is 0. The second kappa shape index (κ2) is 3.65. The molecule has 1 heterocycles. The summed E-state index contributed by atoms with van der Waals surface area (Å²) in [4.78, 5) is 9.89. The van der Waals surface area contributed by atoms with E-state index < -0.39 is 6.10 Å². The van der Waals surface area contributed by atoms with Gasteiger partial charge in [0.25, 0.3) is 6.47 Å². The number of carbonyl (C=O) groups is 1. The molecule has 1 aromatic heterocycles. The van der Waals surface area contributed by atoms with Crippen LogP contribution in [0.4, 0.5) is 0 Å². The molecule has 1 radical (unpaired) electrons. The van der Waals surface area contributed by atoms with Gasteiger partial charge < -0.3 is 4.74 Å². The molecule has 11 heavy (non-hydrogen) atoms. The highest BCUT2D eigenvalue weighted by Gasteiger charge is 2.03. The minimum Gasteiger partial charge on any atom is -0.460 e. The maximum atomic E-state index is 9.89. The summed E-state index contributed by atoms with van der Waals surface area (Å²) in [5.74, 6) is 0. The number of hydrogen-bond acceptors (Lipinski definition) is 4. The molecule has 0 amide bonds. The van der Waals surface area contributed by atoms with Crippen molar-refractivity contribution in [3.8, 4) is 0 Å². The standard InChI is InChI=1S/C7H7N2O2/c1-6(11-5-10)7-2-3-8-9-4-7/h2-6H,1H2. The molecule has 0 aromatic carbocycles. The fourth-order valence-electron chi connectivity index (χ4n) is 0.637. The summed E-state index contributed by atoms with van der Waals surface area (Å²) < 4.78 is 4.57. The van der Waals surface area contributed by atoms with Crippen LogP contribution in [0.1, 0.15) is 11.7 Å². The normalized spacial score (nSPS) is 12.1. The Labute approximate surface area is 64.2 Å². The third-order valence-electron chi connectivity index (χ3n) is 1.20. The number of carbonyl (C=O) groups excluding carboxylic acids is 1. The van der Waals surface area contributed by atoms with E-state index >= 15 is 0 Å². The van der Waals surface area contributed by atoms with Crippen LogP contribution in [0.2, 0.25) is 0 Å². The van der Waals surface area contributed by atoms with Crippen molar-refractivity contribution < 1.29 is 9.53 Å². The van der Waals surface area contributed by atoms with Crippen molar-refractivity contribution in [2.75, 3.05) is 0 Å². The van der Waals surface area contributed by atoms with Gasteiger partial charge in [-0.25, -0.2) is 0 Å². The zero-order valence-corrected chi connectivity index (χ0v) is 5.80. The molecule has 57 valence electrons. The largest absolute Gasteiger partial charge is 0.460 e.